The van der Waals surface area contributed by atoms with Gasteiger partial charge in [0, 0.05) is 19.1 Å². The van der Waals surface area contributed by atoms with E-state index < -0.39 is 6.10 Å². The molecule has 108 valence electrons. The van der Waals surface area contributed by atoms with Crippen LogP contribution in [0.3, 0.4) is 0 Å². The zero-order valence-electron chi connectivity index (χ0n) is 12.0. The summed E-state index contributed by atoms with van der Waals surface area (Å²) < 4.78 is 5.77. The van der Waals surface area contributed by atoms with Gasteiger partial charge in [-0.2, -0.15) is 0 Å². The van der Waals surface area contributed by atoms with Crippen molar-refractivity contribution in [2.45, 2.75) is 31.4 Å². The number of benzene rings is 1. The normalized spacial score (nSPS) is 23.4. The van der Waals surface area contributed by atoms with E-state index in [0.717, 1.165) is 37.9 Å². The summed E-state index contributed by atoms with van der Waals surface area (Å²) in [7, 11) is 1.99. The van der Waals surface area contributed by atoms with Crippen LogP contribution in [0, 0.1) is 0 Å². The third-order valence-corrected chi connectivity index (χ3v) is 4.43. The molecule has 1 N–H and O–H groups in total. The highest BCUT2D eigenvalue weighted by Gasteiger charge is 2.32. The van der Waals surface area contributed by atoms with Crippen molar-refractivity contribution in [2.24, 2.45) is 0 Å². The van der Waals surface area contributed by atoms with E-state index in [0.29, 0.717) is 12.6 Å². The van der Waals surface area contributed by atoms with Gasteiger partial charge in [-0.3, -0.25) is 4.79 Å². The Morgan fingerprint density at radius 1 is 1.30 bits per heavy atom. The minimum atomic E-state index is -0.397. The molecule has 1 fully saturated rings. The Bertz CT molecular complexity index is 481. The number of rotatable bonds is 2. The van der Waals surface area contributed by atoms with E-state index in [1.165, 1.54) is 5.56 Å². The Morgan fingerprint density at radius 3 is 2.80 bits per heavy atom. The first-order valence-corrected chi connectivity index (χ1v) is 7.45. The first-order valence-electron chi connectivity index (χ1n) is 7.45. The Morgan fingerprint density at radius 2 is 2.05 bits per heavy atom. The maximum Gasteiger partial charge on any atom is 0.256 e. The number of nitrogens with zero attached hydrogens (tertiary/aromatic N) is 1. The van der Waals surface area contributed by atoms with Crippen molar-refractivity contribution in [1.82, 2.24) is 10.2 Å². The molecule has 1 amide bonds. The fourth-order valence-corrected chi connectivity index (χ4v) is 3.15. The van der Waals surface area contributed by atoms with E-state index in [9.17, 15) is 4.79 Å². The lowest BCUT2D eigenvalue weighted by molar-refractivity contribution is -0.146. The van der Waals surface area contributed by atoms with Gasteiger partial charge in [0.05, 0.1) is 6.61 Å². The van der Waals surface area contributed by atoms with E-state index in [4.69, 9.17) is 4.74 Å². The number of piperidine rings is 1. The fraction of sp³-hybridized carbons (Fsp3) is 0.562. The maximum absolute atomic E-state index is 12.7. The molecule has 0 aromatic heterocycles. The molecule has 0 radical (unpaired) electrons. The predicted octanol–water partition coefficient (Wildman–Crippen LogP) is 1.51. The van der Waals surface area contributed by atoms with E-state index in [1.54, 1.807) is 0 Å². The second kappa shape index (κ2) is 5.94. The number of likely N-dealkylation sites (tertiary alicyclic amines) is 1. The van der Waals surface area contributed by atoms with Crippen molar-refractivity contribution in [3.8, 4) is 0 Å². The summed E-state index contributed by atoms with van der Waals surface area (Å²) in [6.45, 7) is 2.29. The molecule has 2 heterocycles. The Balaban J connectivity index is 1.72. The Kier molecular flexibility index (Phi) is 4.03. The molecule has 0 saturated carbocycles. The standard InChI is InChI=1S/C16H22N2O2/c1-17-13-6-9-18(10-7-13)16(19)15-14-5-3-2-4-12(14)8-11-20-15/h2-5,13,15,17H,6-11H2,1H3. The smallest absolute Gasteiger partial charge is 0.256 e. The highest BCUT2D eigenvalue weighted by Crippen LogP contribution is 2.29. The highest BCUT2D eigenvalue weighted by molar-refractivity contribution is 5.83. The van der Waals surface area contributed by atoms with Crippen LogP contribution < -0.4 is 5.32 Å². The third kappa shape index (κ3) is 2.58. The van der Waals surface area contributed by atoms with Gasteiger partial charge >= 0.3 is 0 Å². The lowest BCUT2D eigenvalue weighted by Gasteiger charge is -2.35. The van der Waals surface area contributed by atoms with E-state index in [1.807, 2.05) is 30.1 Å². The third-order valence-electron chi connectivity index (χ3n) is 4.43. The van der Waals surface area contributed by atoms with Gasteiger partial charge in [-0.05, 0) is 37.4 Å². The van der Waals surface area contributed by atoms with Gasteiger partial charge in [-0.25, -0.2) is 0 Å². The molecule has 20 heavy (non-hydrogen) atoms. The van der Waals surface area contributed by atoms with Crippen LogP contribution in [0.25, 0.3) is 0 Å². The van der Waals surface area contributed by atoms with Crippen molar-refractivity contribution < 1.29 is 9.53 Å². The second-order valence-corrected chi connectivity index (χ2v) is 5.59. The summed E-state index contributed by atoms with van der Waals surface area (Å²) in [5, 5.41) is 3.29. The summed E-state index contributed by atoms with van der Waals surface area (Å²) in [5.41, 5.74) is 2.31. The predicted molar refractivity (Wildman–Crippen MR) is 77.5 cm³/mol. The molecule has 3 rings (SSSR count). The van der Waals surface area contributed by atoms with Crippen LogP contribution in [0.15, 0.2) is 24.3 Å². The maximum atomic E-state index is 12.7. The minimum Gasteiger partial charge on any atom is -0.363 e. The van der Waals surface area contributed by atoms with Crippen LogP contribution in [-0.4, -0.2) is 43.6 Å². The topological polar surface area (TPSA) is 41.6 Å². The molecule has 1 unspecified atom stereocenters. The van der Waals surface area contributed by atoms with Crippen LogP contribution in [0.5, 0.6) is 0 Å². The van der Waals surface area contributed by atoms with Crippen LogP contribution >= 0.6 is 0 Å². The molecule has 1 saturated heterocycles. The molecule has 4 heteroatoms. The number of nitrogens with one attached hydrogen (secondary N) is 1. The number of fused-ring (bicyclic) bond motifs is 1. The van der Waals surface area contributed by atoms with Crippen molar-refractivity contribution in [1.29, 1.82) is 0 Å². The van der Waals surface area contributed by atoms with Gasteiger partial charge in [0.2, 0.25) is 0 Å². The molecule has 1 aromatic rings. The van der Waals surface area contributed by atoms with Gasteiger partial charge in [0.1, 0.15) is 0 Å². The summed E-state index contributed by atoms with van der Waals surface area (Å²) in [6, 6.07) is 8.69. The monoisotopic (exact) mass is 274 g/mol. The summed E-state index contributed by atoms with van der Waals surface area (Å²) >= 11 is 0. The number of hydrogen-bond acceptors (Lipinski definition) is 3. The number of hydrogen-bond donors (Lipinski definition) is 1. The summed E-state index contributed by atoms with van der Waals surface area (Å²) in [5.74, 6) is 0.131. The van der Waals surface area contributed by atoms with Gasteiger partial charge in [0.25, 0.3) is 5.91 Å². The van der Waals surface area contributed by atoms with E-state index in [2.05, 4.69) is 11.4 Å². The molecule has 2 aliphatic rings. The molecule has 0 bridgehead atoms. The average molecular weight is 274 g/mol. The summed E-state index contributed by atoms with van der Waals surface area (Å²) in [6.07, 6.45) is 2.56. The van der Waals surface area contributed by atoms with Crippen LogP contribution in [0.2, 0.25) is 0 Å². The largest absolute Gasteiger partial charge is 0.363 e. The Labute approximate surface area is 120 Å². The molecule has 0 spiro atoms. The van der Waals surface area contributed by atoms with Gasteiger partial charge in [-0.15, -0.1) is 0 Å². The molecular formula is C16H22N2O2. The summed E-state index contributed by atoms with van der Waals surface area (Å²) in [4.78, 5) is 14.7. The van der Waals surface area contributed by atoms with Crippen molar-refractivity contribution >= 4 is 5.91 Å². The zero-order valence-corrected chi connectivity index (χ0v) is 12.0. The first-order chi connectivity index (χ1) is 9.79. The van der Waals surface area contributed by atoms with Gasteiger partial charge < -0.3 is 15.0 Å². The number of ether oxygens (including phenoxy) is 1. The Hall–Kier alpha value is -1.39. The lowest BCUT2D eigenvalue weighted by atomic mass is 9.96. The number of carbonyl (C=O) groups is 1. The first kappa shape index (κ1) is 13.6. The number of amides is 1. The quantitative estimate of drug-likeness (QED) is 0.889. The van der Waals surface area contributed by atoms with Crippen molar-refractivity contribution in [3.05, 3.63) is 35.4 Å². The SMILES string of the molecule is CNC1CCN(C(=O)C2OCCc3ccccc32)CC1. The van der Waals surface area contributed by atoms with Crippen LogP contribution in [-0.2, 0) is 16.0 Å². The van der Waals surface area contributed by atoms with Crippen LogP contribution in [0.4, 0.5) is 0 Å². The second-order valence-electron chi connectivity index (χ2n) is 5.59. The number of carbonyl (C=O) groups excluding carboxylic acids is 1. The van der Waals surface area contributed by atoms with E-state index >= 15 is 0 Å². The average Bonchev–Trinajstić information content (AvgIpc) is 2.54. The van der Waals surface area contributed by atoms with Gasteiger partial charge in [0.15, 0.2) is 6.10 Å². The molecule has 0 aliphatic carbocycles. The van der Waals surface area contributed by atoms with Gasteiger partial charge in [-0.1, -0.05) is 24.3 Å². The molecule has 2 aliphatic heterocycles. The highest BCUT2D eigenvalue weighted by atomic mass is 16.5. The zero-order chi connectivity index (χ0) is 13.9. The molecule has 1 atom stereocenters. The molecule has 4 nitrogen and oxygen atoms in total. The molecular weight excluding hydrogens is 252 g/mol. The minimum absolute atomic E-state index is 0.131. The van der Waals surface area contributed by atoms with Crippen molar-refractivity contribution in [3.63, 3.8) is 0 Å². The van der Waals surface area contributed by atoms with Crippen molar-refractivity contribution in [2.75, 3.05) is 26.7 Å². The van der Waals surface area contributed by atoms with E-state index in [-0.39, 0.29) is 5.91 Å². The van der Waals surface area contributed by atoms with Crippen LogP contribution in [0.1, 0.15) is 30.1 Å². The molecule has 1 aromatic carbocycles. The lowest BCUT2D eigenvalue weighted by Crippen LogP contribution is -2.46. The fourth-order valence-electron chi connectivity index (χ4n) is 3.15.